The van der Waals surface area contributed by atoms with E-state index in [-0.39, 0.29) is 17.9 Å². The maximum absolute atomic E-state index is 12.1. The molecule has 0 unspecified atom stereocenters. The summed E-state index contributed by atoms with van der Waals surface area (Å²) >= 11 is 0. The Morgan fingerprint density at radius 2 is 1.91 bits per heavy atom. The van der Waals surface area contributed by atoms with Crippen molar-refractivity contribution >= 4 is 15.8 Å². The van der Waals surface area contributed by atoms with Gasteiger partial charge in [-0.3, -0.25) is 0 Å². The molecule has 2 rings (SSSR count). The number of nitrogens with zero attached hydrogens (tertiary/aromatic N) is 1. The lowest BCUT2D eigenvalue weighted by atomic mass is 10.1. The second kappa shape index (κ2) is 7.07. The van der Waals surface area contributed by atoms with E-state index in [2.05, 4.69) is 0 Å². The van der Waals surface area contributed by atoms with E-state index in [1.165, 1.54) is 6.07 Å². The van der Waals surface area contributed by atoms with Gasteiger partial charge >= 0.3 is 5.97 Å². The van der Waals surface area contributed by atoms with Crippen molar-refractivity contribution in [2.45, 2.75) is 12.4 Å². The van der Waals surface area contributed by atoms with E-state index in [4.69, 9.17) is 10.00 Å². The Morgan fingerprint density at radius 1 is 1.17 bits per heavy atom. The van der Waals surface area contributed by atoms with Crippen molar-refractivity contribution in [1.82, 2.24) is 0 Å². The van der Waals surface area contributed by atoms with Gasteiger partial charge in [-0.2, -0.15) is 5.26 Å². The Hall–Kier alpha value is -2.65. The molecule has 0 radical (unpaired) electrons. The monoisotopic (exact) mass is 329 g/mol. The molecule has 0 spiro atoms. The maximum Gasteiger partial charge on any atom is 0.338 e. The van der Waals surface area contributed by atoms with Crippen molar-refractivity contribution in [3.8, 4) is 6.07 Å². The Balaban J connectivity index is 2.09. The molecule has 0 aliphatic rings. The molecule has 6 heteroatoms. The van der Waals surface area contributed by atoms with Crippen LogP contribution in [0.15, 0.2) is 48.5 Å². The van der Waals surface area contributed by atoms with Gasteiger partial charge in [0, 0.05) is 11.8 Å². The van der Waals surface area contributed by atoms with Gasteiger partial charge in [-0.05, 0) is 23.8 Å². The van der Waals surface area contributed by atoms with Gasteiger partial charge in [0.05, 0.1) is 22.9 Å². The molecule has 0 aliphatic heterocycles. The molecule has 23 heavy (non-hydrogen) atoms. The molecule has 0 amide bonds. The number of carbonyl (C=O) groups is 1. The highest BCUT2D eigenvalue weighted by Crippen LogP contribution is 2.13. The van der Waals surface area contributed by atoms with Crippen LogP contribution in [0.3, 0.4) is 0 Å². The molecular weight excluding hydrogens is 314 g/mol. The highest BCUT2D eigenvalue weighted by atomic mass is 32.2. The van der Waals surface area contributed by atoms with E-state index in [1.54, 1.807) is 42.5 Å². The largest absolute Gasteiger partial charge is 0.457 e. The Kier molecular flexibility index (Phi) is 5.14. The van der Waals surface area contributed by atoms with Crippen LogP contribution in [0, 0.1) is 11.3 Å². The zero-order valence-electron chi connectivity index (χ0n) is 12.5. The number of carbonyl (C=O) groups excluding carboxylic acids is 1. The van der Waals surface area contributed by atoms with E-state index in [0.717, 1.165) is 6.26 Å². The molecule has 2 aromatic carbocycles. The number of hydrogen-bond donors (Lipinski definition) is 0. The first-order chi connectivity index (χ1) is 10.9. The zero-order chi connectivity index (χ0) is 16.9. The van der Waals surface area contributed by atoms with Crippen LogP contribution in [0.2, 0.25) is 0 Å². The van der Waals surface area contributed by atoms with Gasteiger partial charge in [-0.15, -0.1) is 0 Å². The molecule has 0 fully saturated rings. The Morgan fingerprint density at radius 3 is 2.61 bits per heavy atom. The van der Waals surface area contributed by atoms with Crippen molar-refractivity contribution in [2.75, 3.05) is 6.26 Å². The number of benzene rings is 2. The van der Waals surface area contributed by atoms with Gasteiger partial charge < -0.3 is 4.74 Å². The number of esters is 1. The molecule has 0 atom stereocenters. The lowest BCUT2D eigenvalue weighted by Gasteiger charge is -2.07. The SMILES string of the molecule is CS(=O)(=O)Cc1cccc(C(=O)OCc2ccccc2C#N)c1. The molecule has 0 N–H and O–H groups in total. The van der Waals surface area contributed by atoms with Gasteiger partial charge in [0.2, 0.25) is 0 Å². The predicted molar refractivity (Wildman–Crippen MR) is 85.3 cm³/mol. The van der Waals surface area contributed by atoms with Gasteiger partial charge in [-0.25, -0.2) is 13.2 Å². The molecule has 0 aliphatic carbocycles. The summed E-state index contributed by atoms with van der Waals surface area (Å²) in [6.07, 6.45) is 1.14. The van der Waals surface area contributed by atoms with E-state index in [1.807, 2.05) is 6.07 Å². The van der Waals surface area contributed by atoms with Crippen LogP contribution < -0.4 is 0 Å². The Bertz CT molecular complexity index is 866. The first-order valence-electron chi connectivity index (χ1n) is 6.81. The minimum Gasteiger partial charge on any atom is -0.457 e. The molecule has 0 saturated carbocycles. The van der Waals surface area contributed by atoms with Crippen LogP contribution in [0.5, 0.6) is 0 Å². The number of ether oxygens (including phenoxy) is 1. The van der Waals surface area contributed by atoms with Gasteiger partial charge in [-0.1, -0.05) is 30.3 Å². The normalized spacial score (nSPS) is 10.8. The fourth-order valence-electron chi connectivity index (χ4n) is 2.07. The molecule has 0 bridgehead atoms. The van der Waals surface area contributed by atoms with Crippen LogP contribution in [-0.4, -0.2) is 20.6 Å². The van der Waals surface area contributed by atoms with Crippen molar-refractivity contribution in [3.05, 3.63) is 70.8 Å². The molecular formula is C17H15NO4S. The maximum atomic E-state index is 12.1. The standard InChI is InChI=1S/C17H15NO4S/c1-23(20,21)12-13-5-4-8-14(9-13)17(19)22-11-16-7-3-2-6-15(16)10-18/h2-9H,11-12H2,1H3. The predicted octanol–water partition coefficient (Wildman–Crippen LogP) is 2.46. The van der Waals surface area contributed by atoms with Crippen molar-refractivity contribution in [3.63, 3.8) is 0 Å². The third-order valence-corrected chi connectivity index (χ3v) is 3.95. The minimum absolute atomic E-state index is 0.0150. The smallest absolute Gasteiger partial charge is 0.338 e. The molecule has 0 heterocycles. The first-order valence-corrected chi connectivity index (χ1v) is 8.87. The quantitative estimate of drug-likeness (QED) is 0.787. The number of sulfone groups is 1. The summed E-state index contributed by atoms with van der Waals surface area (Å²) in [7, 11) is -3.17. The number of rotatable bonds is 5. The van der Waals surface area contributed by atoms with Crippen molar-refractivity contribution in [1.29, 1.82) is 5.26 Å². The lowest BCUT2D eigenvalue weighted by Crippen LogP contribution is -2.07. The second-order valence-electron chi connectivity index (χ2n) is 5.12. The van der Waals surface area contributed by atoms with Gasteiger partial charge in [0.1, 0.15) is 6.61 Å². The Labute approximate surface area is 135 Å². The fourth-order valence-corrected chi connectivity index (χ4v) is 2.86. The van der Waals surface area contributed by atoms with Crippen LogP contribution in [0.25, 0.3) is 0 Å². The van der Waals surface area contributed by atoms with Crippen molar-refractivity contribution < 1.29 is 17.9 Å². The number of nitriles is 1. The van der Waals surface area contributed by atoms with Crippen LogP contribution in [0.1, 0.15) is 27.0 Å². The molecule has 0 aromatic heterocycles. The zero-order valence-corrected chi connectivity index (χ0v) is 13.3. The molecule has 0 saturated heterocycles. The van der Waals surface area contributed by atoms with E-state index >= 15 is 0 Å². The highest BCUT2D eigenvalue weighted by Gasteiger charge is 2.11. The summed E-state index contributed by atoms with van der Waals surface area (Å²) < 4.78 is 27.8. The van der Waals surface area contributed by atoms with Crippen LogP contribution >= 0.6 is 0 Å². The highest BCUT2D eigenvalue weighted by molar-refractivity contribution is 7.89. The molecule has 118 valence electrons. The van der Waals surface area contributed by atoms with E-state index in [9.17, 15) is 13.2 Å². The molecule has 5 nitrogen and oxygen atoms in total. The summed E-state index contributed by atoms with van der Waals surface area (Å²) in [6, 6.07) is 15.2. The van der Waals surface area contributed by atoms with Crippen molar-refractivity contribution in [2.24, 2.45) is 0 Å². The lowest BCUT2D eigenvalue weighted by molar-refractivity contribution is 0.0472. The van der Waals surface area contributed by atoms with Gasteiger partial charge in [0.15, 0.2) is 9.84 Å². The van der Waals surface area contributed by atoms with Crippen LogP contribution in [0.4, 0.5) is 0 Å². The summed E-state index contributed by atoms with van der Waals surface area (Å²) in [4.78, 5) is 12.1. The average Bonchev–Trinajstić information content (AvgIpc) is 2.51. The number of hydrogen-bond acceptors (Lipinski definition) is 5. The minimum atomic E-state index is -3.17. The van der Waals surface area contributed by atoms with E-state index < -0.39 is 15.8 Å². The van der Waals surface area contributed by atoms with Crippen LogP contribution in [-0.2, 0) is 26.9 Å². The van der Waals surface area contributed by atoms with E-state index in [0.29, 0.717) is 16.7 Å². The average molecular weight is 329 g/mol. The fraction of sp³-hybridized carbons (Fsp3) is 0.176. The first kappa shape index (κ1) is 16.7. The summed E-state index contributed by atoms with van der Waals surface area (Å²) in [5.74, 6) is -0.695. The second-order valence-corrected chi connectivity index (χ2v) is 7.26. The third-order valence-electron chi connectivity index (χ3n) is 3.09. The topological polar surface area (TPSA) is 84.2 Å². The summed E-state index contributed by atoms with van der Waals surface area (Å²) in [5, 5.41) is 9.00. The summed E-state index contributed by atoms with van der Waals surface area (Å²) in [6.45, 7) is -0.0150. The third kappa shape index (κ3) is 4.94. The van der Waals surface area contributed by atoms with Gasteiger partial charge in [0.25, 0.3) is 0 Å². The molecule has 2 aromatic rings. The summed E-state index contributed by atoms with van der Waals surface area (Å²) in [5.41, 5.74) is 1.88.